The van der Waals surface area contributed by atoms with Crippen LogP contribution in [0.3, 0.4) is 0 Å². The van der Waals surface area contributed by atoms with Crippen LogP contribution < -0.4 is 0 Å². The molecule has 1 aliphatic carbocycles. The Morgan fingerprint density at radius 1 is 1.29 bits per heavy atom. The maximum absolute atomic E-state index is 6.39. The van der Waals surface area contributed by atoms with Crippen molar-refractivity contribution in [1.29, 1.82) is 0 Å². The van der Waals surface area contributed by atoms with E-state index in [0.29, 0.717) is 11.8 Å². The molecule has 0 fully saturated rings. The summed E-state index contributed by atoms with van der Waals surface area (Å²) in [5, 5.41) is 2.10. The van der Waals surface area contributed by atoms with Gasteiger partial charge in [0, 0.05) is 22.4 Å². The SMILES string of the molecule is CSc1nc(Cl)c2c(n1)C[C@@]1(CC2)CO[C@@H](C)c2ccc(Cl)cc21. The molecule has 2 aromatic rings. The van der Waals surface area contributed by atoms with E-state index in [1.165, 1.54) is 22.9 Å². The molecule has 0 bridgehead atoms. The van der Waals surface area contributed by atoms with E-state index >= 15 is 0 Å². The topological polar surface area (TPSA) is 35.0 Å². The van der Waals surface area contributed by atoms with Crippen LogP contribution >= 0.6 is 35.0 Å². The van der Waals surface area contributed by atoms with Crippen LogP contribution in [0.25, 0.3) is 0 Å². The molecule has 24 heavy (non-hydrogen) atoms. The Kier molecular flexibility index (Phi) is 4.28. The Bertz CT molecular complexity index is 814. The summed E-state index contributed by atoms with van der Waals surface area (Å²) in [5.41, 5.74) is 4.60. The third-order valence-corrected chi connectivity index (χ3v) is 6.29. The molecule has 1 aromatic heterocycles. The maximum atomic E-state index is 6.39. The van der Waals surface area contributed by atoms with Crippen LogP contribution in [-0.2, 0) is 23.0 Å². The predicted octanol–water partition coefficient (Wildman–Crippen LogP) is 5.02. The van der Waals surface area contributed by atoms with Gasteiger partial charge in [0.2, 0.25) is 0 Å². The van der Waals surface area contributed by atoms with Crippen LogP contribution in [0.5, 0.6) is 0 Å². The summed E-state index contributed by atoms with van der Waals surface area (Å²) in [6.45, 7) is 2.79. The van der Waals surface area contributed by atoms with E-state index in [0.717, 1.165) is 40.7 Å². The summed E-state index contributed by atoms with van der Waals surface area (Å²) in [6, 6.07) is 6.15. The first-order chi connectivity index (χ1) is 11.5. The number of hydrogen-bond acceptors (Lipinski definition) is 4. The molecular formula is C18H18Cl2N2OS. The van der Waals surface area contributed by atoms with Crippen molar-refractivity contribution >= 4 is 35.0 Å². The molecule has 2 atom stereocenters. The van der Waals surface area contributed by atoms with Crippen LogP contribution in [-0.4, -0.2) is 22.8 Å². The second-order valence-electron chi connectivity index (χ2n) is 6.57. The molecule has 4 rings (SSSR count). The quantitative estimate of drug-likeness (QED) is 0.395. The van der Waals surface area contributed by atoms with E-state index < -0.39 is 0 Å². The van der Waals surface area contributed by atoms with Crippen molar-refractivity contribution in [2.75, 3.05) is 12.9 Å². The minimum Gasteiger partial charge on any atom is -0.373 e. The molecule has 0 unspecified atom stereocenters. The summed E-state index contributed by atoms with van der Waals surface area (Å²) >= 11 is 14.2. The van der Waals surface area contributed by atoms with Gasteiger partial charge in [-0.2, -0.15) is 0 Å². The van der Waals surface area contributed by atoms with Crippen LogP contribution in [0.2, 0.25) is 10.2 Å². The van der Waals surface area contributed by atoms with Crippen LogP contribution in [0.4, 0.5) is 0 Å². The number of fused-ring (bicyclic) bond motifs is 3. The van der Waals surface area contributed by atoms with Crippen LogP contribution in [0.1, 0.15) is 41.8 Å². The van der Waals surface area contributed by atoms with E-state index in [9.17, 15) is 0 Å². The van der Waals surface area contributed by atoms with Crippen molar-refractivity contribution in [2.24, 2.45) is 0 Å². The van der Waals surface area contributed by atoms with E-state index in [4.69, 9.17) is 32.9 Å². The minimum absolute atomic E-state index is 0.0763. The minimum atomic E-state index is -0.0763. The average molecular weight is 381 g/mol. The maximum Gasteiger partial charge on any atom is 0.188 e. The van der Waals surface area contributed by atoms with E-state index in [1.54, 1.807) is 0 Å². The first-order valence-corrected chi connectivity index (χ1v) is 10.0. The smallest absolute Gasteiger partial charge is 0.188 e. The van der Waals surface area contributed by atoms with Gasteiger partial charge in [-0.15, -0.1) is 0 Å². The van der Waals surface area contributed by atoms with Gasteiger partial charge in [0.25, 0.3) is 0 Å². The van der Waals surface area contributed by atoms with Crippen LogP contribution in [0.15, 0.2) is 23.4 Å². The second kappa shape index (κ2) is 6.17. The fourth-order valence-electron chi connectivity index (χ4n) is 3.88. The lowest BCUT2D eigenvalue weighted by atomic mass is 9.66. The summed E-state index contributed by atoms with van der Waals surface area (Å²) in [4.78, 5) is 9.11. The van der Waals surface area contributed by atoms with Gasteiger partial charge in [-0.25, -0.2) is 9.97 Å². The first-order valence-electron chi connectivity index (χ1n) is 8.03. The molecule has 0 amide bonds. The molecule has 2 aliphatic rings. The largest absolute Gasteiger partial charge is 0.373 e. The predicted molar refractivity (Wildman–Crippen MR) is 98.3 cm³/mol. The third kappa shape index (κ3) is 2.64. The van der Waals surface area contributed by atoms with Crippen molar-refractivity contribution < 1.29 is 4.74 Å². The molecule has 0 saturated carbocycles. The van der Waals surface area contributed by atoms with Gasteiger partial charge in [-0.1, -0.05) is 41.0 Å². The number of hydrogen-bond donors (Lipinski definition) is 0. The van der Waals surface area contributed by atoms with Gasteiger partial charge in [-0.05, 0) is 49.3 Å². The van der Waals surface area contributed by atoms with E-state index in [2.05, 4.69) is 24.0 Å². The summed E-state index contributed by atoms with van der Waals surface area (Å²) in [5.74, 6) is 0. The van der Waals surface area contributed by atoms with Gasteiger partial charge in [-0.3, -0.25) is 0 Å². The molecule has 0 radical (unpaired) electrons. The lowest BCUT2D eigenvalue weighted by Gasteiger charge is -2.44. The summed E-state index contributed by atoms with van der Waals surface area (Å²) in [7, 11) is 0. The van der Waals surface area contributed by atoms with Gasteiger partial charge in [0.15, 0.2) is 5.16 Å². The van der Waals surface area contributed by atoms with E-state index in [1.807, 2.05) is 12.3 Å². The highest BCUT2D eigenvalue weighted by Gasteiger charge is 2.43. The Balaban J connectivity index is 1.83. The van der Waals surface area contributed by atoms with Crippen LogP contribution in [0, 0.1) is 0 Å². The van der Waals surface area contributed by atoms with Crippen molar-refractivity contribution in [2.45, 2.75) is 42.9 Å². The number of rotatable bonds is 1. The fraction of sp³-hybridized carbons (Fsp3) is 0.444. The molecule has 3 nitrogen and oxygen atoms in total. The highest BCUT2D eigenvalue weighted by atomic mass is 35.5. The zero-order valence-corrected chi connectivity index (χ0v) is 15.9. The number of benzene rings is 1. The highest BCUT2D eigenvalue weighted by Crippen LogP contribution is 2.47. The number of thioether (sulfide) groups is 1. The van der Waals surface area contributed by atoms with Gasteiger partial charge in [0.1, 0.15) is 5.15 Å². The number of ether oxygens (including phenoxy) is 1. The van der Waals surface area contributed by atoms with Gasteiger partial charge < -0.3 is 4.74 Å². The lowest BCUT2D eigenvalue weighted by molar-refractivity contribution is 0.00222. The molecule has 1 aliphatic heterocycles. The zero-order valence-electron chi connectivity index (χ0n) is 13.6. The Labute approximate surface area is 156 Å². The van der Waals surface area contributed by atoms with E-state index in [-0.39, 0.29) is 11.5 Å². The number of aromatic nitrogens is 2. The Morgan fingerprint density at radius 2 is 2.12 bits per heavy atom. The van der Waals surface area contributed by atoms with Crippen molar-refractivity contribution in [3.63, 3.8) is 0 Å². The standard InChI is InChI=1S/C18H18Cl2N2OS/c1-10-12-4-3-11(19)7-14(12)18(9-23-10)6-5-13-15(8-18)21-17(24-2)22-16(13)20/h3-4,7,10H,5-6,8-9H2,1-2H3/t10-,18-/m0/s1. The first kappa shape index (κ1) is 16.6. The molecular weight excluding hydrogens is 363 g/mol. The second-order valence-corrected chi connectivity index (χ2v) is 8.14. The normalized spacial score (nSPS) is 25.4. The molecule has 0 saturated heterocycles. The fourth-order valence-corrected chi connectivity index (χ4v) is 4.77. The highest BCUT2D eigenvalue weighted by molar-refractivity contribution is 7.98. The summed E-state index contributed by atoms with van der Waals surface area (Å²) < 4.78 is 6.11. The molecule has 2 heterocycles. The summed E-state index contributed by atoms with van der Waals surface area (Å²) in [6.07, 6.45) is 4.73. The molecule has 1 aromatic carbocycles. The average Bonchev–Trinajstić information content (AvgIpc) is 2.58. The third-order valence-electron chi connectivity index (χ3n) is 5.20. The Hall–Kier alpha value is -0.810. The zero-order chi connectivity index (χ0) is 16.9. The van der Waals surface area contributed by atoms with Crippen molar-refractivity contribution in [1.82, 2.24) is 9.97 Å². The Morgan fingerprint density at radius 3 is 2.92 bits per heavy atom. The van der Waals surface area contributed by atoms with Gasteiger partial charge >= 0.3 is 0 Å². The number of nitrogens with zero attached hydrogens (tertiary/aromatic N) is 2. The molecule has 0 N–H and O–H groups in total. The molecule has 126 valence electrons. The molecule has 1 spiro atoms. The molecule has 6 heteroatoms. The van der Waals surface area contributed by atoms with Crippen molar-refractivity contribution in [3.8, 4) is 0 Å². The monoisotopic (exact) mass is 380 g/mol. The van der Waals surface area contributed by atoms with Gasteiger partial charge in [0.05, 0.1) is 18.4 Å². The number of halogens is 2. The lowest BCUT2D eigenvalue weighted by Crippen LogP contribution is -2.42. The van der Waals surface area contributed by atoms with Crippen molar-refractivity contribution in [3.05, 3.63) is 50.8 Å².